The van der Waals surface area contributed by atoms with E-state index < -0.39 is 33.9 Å². The van der Waals surface area contributed by atoms with E-state index in [2.05, 4.69) is 36.4 Å². The summed E-state index contributed by atoms with van der Waals surface area (Å²) in [7, 11) is 0. The maximum atomic E-state index is 13.7. The molecule has 1 amide bonds. The number of aliphatic carboxylic acids is 1. The fraction of sp³-hybridized carbons (Fsp3) is 0.314. The van der Waals surface area contributed by atoms with Crippen molar-refractivity contribution < 1.29 is 19.4 Å². The summed E-state index contributed by atoms with van der Waals surface area (Å²) in [4.78, 5) is 28.5. The Hall–Kier alpha value is -3.77. The Morgan fingerprint density at radius 2 is 1.37 bits per heavy atom. The zero-order valence-electron chi connectivity index (χ0n) is 23.8. The summed E-state index contributed by atoms with van der Waals surface area (Å²) < 4.78 is 5.19. The lowest BCUT2D eigenvalue weighted by Crippen LogP contribution is -2.55. The van der Waals surface area contributed by atoms with Gasteiger partial charge >= 0.3 is 12.1 Å². The summed E-state index contributed by atoms with van der Waals surface area (Å²) >= 11 is 1.75. The number of likely N-dealkylation sites (tertiary alicyclic amines) is 1. The number of nitrogens with zero attached hydrogens (tertiary/aromatic N) is 1. The van der Waals surface area contributed by atoms with Gasteiger partial charge in [-0.25, -0.2) is 4.79 Å². The molecule has 5 nitrogen and oxygen atoms in total. The Kier molecular flexibility index (Phi) is 8.14. The molecule has 0 saturated carbocycles. The zero-order chi connectivity index (χ0) is 29.1. The minimum atomic E-state index is -1.28. The molecule has 0 radical (unpaired) electrons. The third kappa shape index (κ3) is 5.58. The van der Waals surface area contributed by atoms with Gasteiger partial charge in [-0.1, -0.05) is 115 Å². The van der Waals surface area contributed by atoms with Gasteiger partial charge in [0.2, 0.25) is 0 Å². The fourth-order valence-electron chi connectivity index (χ4n) is 6.11. The molecular weight excluding hydrogens is 530 g/mol. The Bertz CT molecular complexity index is 1320. The van der Waals surface area contributed by atoms with Crippen LogP contribution in [0.3, 0.4) is 0 Å². The number of ether oxygens (including phenoxy) is 1. The lowest BCUT2D eigenvalue weighted by Gasteiger charge is -2.44. The number of carbonyl (C=O) groups is 2. The summed E-state index contributed by atoms with van der Waals surface area (Å²) in [5, 5.41) is 10.6. The highest BCUT2D eigenvalue weighted by molar-refractivity contribution is 8.01. The molecule has 1 aliphatic carbocycles. The highest BCUT2D eigenvalue weighted by Gasteiger charge is 2.57. The molecule has 5 rings (SSSR count). The van der Waals surface area contributed by atoms with Crippen LogP contribution in [0.1, 0.15) is 50.3 Å². The van der Waals surface area contributed by atoms with E-state index in [9.17, 15) is 14.7 Å². The number of carboxylic acid groups (broad SMARTS) is 1. The first-order chi connectivity index (χ1) is 19.7. The lowest BCUT2D eigenvalue weighted by molar-refractivity contribution is -0.148. The lowest BCUT2D eigenvalue weighted by atomic mass is 9.74. The van der Waals surface area contributed by atoms with Crippen LogP contribution in [0, 0.1) is 5.41 Å². The van der Waals surface area contributed by atoms with E-state index in [1.165, 1.54) is 0 Å². The number of rotatable bonds is 7. The van der Waals surface area contributed by atoms with E-state index in [1.54, 1.807) is 28.8 Å². The van der Waals surface area contributed by atoms with Crippen LogP contribution in [0.5, 0.6) is 0 Å². The molecule has 212 valence electrons. The average molecular weight is 568 g/mol. The molecule has 2 aliphatic rings. The van der Waals surface area contributed by atoms with Crippen molar-refractivity contribution in [2.24, 2.45) is 5.41 Å². The van der Waals surface area contributed by atoms with Gasteiger partial charge in [0.05, 0.1) is 10.8 Å². The van der Waals surface area contributed by atoms with Crippen molar-refractivity contribution in [3.8, 4) is 0 Å². The largest absolute Gasteiger partial charge is 0.481 e. The van der Waals surface area contributed by atoms with Gasteiger partial charge in [0.25, 0.3) is 0 Å². The van der Waals surface area contributed by atoms with Gasteiger partial charge in [-0.3, -0.25) is 4.79 Å². The summed E-state index contributed by atoms with van der Waals surface area (Å²) in [6, 6.07) is 30.5. The van der Waals surface area contributed by atoms with Crippen LogP contribution in [-0.4, -0.2) is 45.5 Å². The number of carboxylic acids is 1. The van der Waals surface area contributed by atoms with Crippen LogP contribution in [0.4, 0.5) is 4.79 Å². The van der Waals surface area contributed by atoms with Gasteiger partial charge in [0.1, 0.15) is 11.0 Å². The van der Waals surface area contributed by atoms with E-state index >= 15 is 0 Å². The summed E-state index contributed by atoms with van der Waals surface area (Å²) in [6.45, 7) is 5.93. The molecule has 0 spiro atoms. The van der Waals surface area contributed by atoms with Crippen molar-refractivity contribution in [2.45, 2.75) is 55.3 Å². The van der Waals surface area contributed by atoms with Gasteiger partial charge in [-0.05, 0) is 50.3 Å². The molecule has 1 unspecified atom stereocenters. The zero-order valence-corrected chi connectivity index (χ0v) is 24.6. The number of amides is 1. The predicted octanol–water partition coefficient (Wildman–Crippen LogP) is 7.68. The molecule has 0 aromatic heterocycles. The van der Waals surface area contributed by atoms with E-state index in [1.807, 2.05) is 87.5 Å². The highest BCUT2D eigenvalue weighted by atomic mass is 32.2. The molecule has 3 aromatic carbocycles. The Balaban J connectivity index is 1.70. The molecule has 3 atom stereocenters. The third-order valence-corrected chi connectivity index (χ3v) is 9.72. The maximum absolute atomic E-state index is 13.7. The fourth-order valence-corrected chi connectivity index (χ4v) is 8.13. The first-order valence-electron chi connectivity index (χ1n) is 14.1. The van der Waals surface area contributed by atoms with Crippen molar-refractivity contribution in [3.63, 3.8) is 0 Å². The first kappa shape index (κ1) is 28.7. The standard InChI is InChI=1S/C35H37NO4S/c1-33(2,3)40-32(39)36-25-22-29(30(36)34(31(37)38)23-14-7-15-24-34)41-35(26-16-8-4-9-17-26,27-18-10-5-11-19-27)28-20-12-6-13-21-28/h4-21,23,29-30H,22,24-25H2,1-3H3,(H,37,38)/t29-,30+,34?/m1/s1. The third-order valence-electron chi connectivity index (χ3n) is 7.86. The summed E-state index contributed by atoms with van der Waals surface area (Å²) in [5.74, 6) is -0.936. The van der Waals surface area contributed by atoms with E-state index in [4.69, 9.17) is 4.74 Å². The smallest absolute Gasteiger partial charge is 0.410 e. The number of benzene rings is 3. The topological polar surface area (TPSA) is 66.8 Å². The Labute approximate surface area is 246 Å². The molecule has 6 heteroatoms. The monoisotopic (exact) mass is 567 g/mol. The van der Waals surface area contributed by atoms with Gasteiger partial charge < -0.3 is 14.7 Å². The van der Waals surface area contributed by atoms with Gasteiger partial charge in [-0.15, -0.1) is 11.8 Å². The minimum absolute atomic E-state index is 0.213. The van der Waals surface area contributed by atoms with E-state index in [0.29, 0.717) is 19.4 Å². The normalized spacial score (nSPS) is 22.5. The van der Waals surface area contributed by atoms with Crippen molar-refractivity contribution >= 4 is 23.8 Å². The number of thioether (sulfide) groups is 1. The molecule has 1 saturated heterocycles. The number of allylic oxidation sites excluding steroid dienone is 3. The van der Waals surface area contributed by atoms with Crippen molar-refractivity contribution in [2.75, 3.05) is 6.54 Å². The summed E-state index contributed by atoms with van der Waals surface area (Å²) in [6.07, 6.45) is 7.79. The number of hydrogen-bond acceptors (Lipinski definition) is 4. The maximum Gasteiger partial charge on any atom is 0.410 e. The van der Waals surface area contributed by atoms with Crippen LogP contribution < -0.4 is 0 Å². The van der Waals surface area contributed by atoms with E-state index in [-0.39, 0.29) is 5.25 Å². The summed E-state index contributed by atoms with van der Waals surface area (Å²) in [5.41, 5.74) is 1.31. The molecule has 41 heavy (non-hydrogen) atoms. The second-order valence-electron chi connectivity index (χ2n) is 11.7. The average Bonchev–Trinajstić information content (AvgIpc) is 3.41. The molecule has 1 aliphatic heterocycles. The molecule has 1 N–H and O–H groups in total. The van der Waals surface area contributed by atoms with Crippen LogP contribution in [0.25, 0.3) is 0 Å². The first-order valence-corrected chi connectivity index (χ1v) is 15.0. The van der Waals surface area contributed by atoms with Crippen LogP contribution in [-0.2, 0) is 14.3 Å². The molecule has 1 heterocycles. The Morgan fingerprint density at radius 1 is 0.854 bits per heavy atom. The Morgan fingerprint density at radius 3 is 1.78 bits per heavy atom. The van der Waals surface area contributed by atoms with Crippen LogP contribution >= 0.6 is 11.8 Å². The number of carbonyl (C=O) groups excluding carboxylic acids is 1. The number of hydrogen-bond donors (Lipinski definition) is 1. The van der Waals surface area contributed by atoms with Gasteiger partial charge in [0.15, 0.2) is 0 Å². The van der Waals surface area contributed by atoms with Crippen LogP contribution in [0.2, 0.25) is 0 Å². The molecular formula is C35H37NO4S. The van der Waals surface area contributed by atoms with Crippen LogP contribution in [0.15, 0.2) is 115 Å². The second-order valence-corrected chi connectivity index (χ2v) is 13.1. The van der Waals surface area contributed by atoms with Gasteiger partial charge in [-0.2, -0.15) is 0 Å². The SMILES string of the molecule is CC(C)(C)OC(=O)N1CC[C@@H](SC(c2ccccc2)(c2ccccc2)c2ccccc2)[C@H]1C1(C(=O)O)C=CC=CC1. The van der Waals surface area contributed by atoms with Crippen molar-refractivity contribution in [3.05, 3.63) is 132 Å². The predicted molar refractivity (Wildman–Crippen MR) is 165 cm³/mol. The molecule has 1 fully saturated rings. The van der Waals surface area contributed by atoms with Crippen molar-refractivity contribution in [1.29, 1.82) is 0 Å². The highest BCUT2D eigenvalue weighted by Crippen LogP contribution is 2.55. The quantitative estimate of drug-likeness (QED) is 0.297. The second kappa shape index (κ2) is 11.6. The minimum Gasteiger partial charge on any atom is -0.481 e. The van der Waals surface area contributed by atoms with Gasteiger partial charge in [0, 0.05) is 11.8 Å². The molecule has 0 bridgehead atoms. The van der Waals surface area contributed by atoms with E-state index in [0.717, 1.165) is 16.7 Å². The molecule has 3 aromatic rings. The van der Waals surface area contributed by atoms with Crippen molar-refractivity contribution in [1.82, 2.24) is 4.90 Å².